The van der Waals surface area contributed by atoms with Gasteiger partial charge in [-0.25, -0.2) is 13.4 Å². The van der Waals surface area contributed by atoms with Crippen molar-refractivity contribution < 1.29 is 22.4 Å². The molecule has 1 aromatic carbocycles. The summed E-state index contributed by atoms with van der Waals surface area (Å²) in [5, 5.41) is 12.7. The number of hydrogen-bond acceptors (Lipinski definition) is 6. The fourth-order valence-corrected chi connectivity index (χ4v) is 4.13. The molecule has 0 unspecified atom stereocenters. The predicted octanol–water partition coefficient (Wildman–Crippen LogP) is 1.95. The highest BCUT2D eigenvalue weighted by Crippen LogP contribution is 2.34. The van der Waals surface area contributed by atoms with Crippen LogP contribution in [0.5, 0.6) is 0 Å². The van der Waals surface area contributed by atoms with Crippen LogP contribution in [0.2, 0.25) is 0 Å². The van der Waals surface area contributed by atoms with Crippen LogP contribution in [-0.2, 0) is 14.8 Å². The van der Waals surface area contributed by atoms with Gasteiger partial charge in [-0.3, -0.25) is 14.4 Å². The van der Waals surface area contributed by atoms with E-state index < -0.39 is 34.2 Å². The van der Waals surface area contributed by atoms with E-state index in [1.165, 1.54) is 24.3 Å². The van der Waals surface area contributed by atoms with Gasteiger partial charge in [0.05, 0.1) is 4.90 Å². The number of likely N-dealkylation sites (N-methyl/N-ethyl adjacent to an activating group) is 1. The van der Waals surface area contributed by atoms with Crippen molar-refractivity contribution in [2.75, 3.05) is 12.4 Å². The molecule has 0 aliphatic carbocycles. The number of aliphatic hydroxyl groups is 1. The highest BCUT2D eigenvalue weighted by atomic mass is 32.2. The van der Waals surface area contributed by atoms with E-state index in [4.69, 9.17) is 4.11 Å². The second-order valence-corrected chi connectivity index (χ2v) is 7.62. The number of fused-ring (bicyclic) bond motifs is 1. The van der Waals surface area contributed by atoms with Gasteiger partial charge < -0.3 is 5.11 Å². The lowest BCUT2D eigenvalue weighted by atomic mass is 10.1. The van der Waals surface area contributed by atoms with Crippen LogP contribution >= 0.6 is 11.3 Å². The van der Waals surface area contributed by atoms with Crippen molar-refractivity contribution in [3.8, 4) is 0 Å². The van der Waals surface area contributed by atoms with Gasteiger partial charge in [0.2, 0.25) is 0 Å². The molecule has 0 radical (unpaired) electrons. The van der Waals surface area contributed by atoms with E-state index >= 15 is 0 Å². The zero-order valence-electron chi connectivity index (χ0n) is 14.8. The number of amides is 1. The van der Waals surface area contributed by atoms with Crippen molar-refractivity contribution in [2.24, 2.45) is 0 Å². The molecule has 1 aromatic heterocycles. The molecule has 1 aliphatic rings. The number of thiazole rings is 1. The van der Waals surface area contributed by atoms with Crippen LogP contribution in [0.3, 0.4) is 0 Å². The van der Waals surface area contributed by atoms with Crippen molar-refractivity contribution >= 4 is 38.2 Å². The van der Waals surface area contributed by atoms with Gasteiger partial charge in [0.25, 0.3) is 15.9 Å². The van der Waals surface area contributed by atoms with Crippen molar-refractivity contribution in [1.29, 1.82) is 0 Å². The van der Waals surface area contributed by atoms with Crippen molar-refractivity contribution in [3.05, 3.63) is 46.6 Å². The van der Waals surface area contributed by atoms with Gasteiger partial charge in [-0.15, -0.1) is 11.3 Å². The lowest BCUT2D eigenvalue weighted by Crippen LogP contribution is -2.37. The number of aryl methyl sites for hydroxylation is 1. The number of rotatable bonds is 2. The van der Waals surface area contributed by atoms with Crippen molar-refractivity contribution in [2.45, 2.75) is 11.7 Å². The number of aliphatic hydroxyl groups excluding tert-OH is 1. The fraction of sp³-hybridized carbons (Fsp3) is 0.143. The van der Waals surface area contributed by atoms with E-state index in [0.29, 0.717) is 4.31 Å². The fourth-order valence-electron chi connectivity index (χ4n) is 2.17. The Kier molecular flexibility index (Phi) is 2.81. The molecule has 23 heavy (non-hydrogen) atoms. The molecule has 2 heterocycles. The second-order valence-electron chi connectivity index (χ2n) is 4.65. The number of sulfonamides is 1. The van der Waals surface area contributed by atoms with Crippen LogP contribution in [0.15, 0.2) is 41.1 Å². The number of carbonyl (C=O) groups is 1. The van der Waals surface area contributed by atoms with E-state index in [0.717, 1.165) is 24.6 Å². The van der Waals surface area contributed by atoms with E-state index in [1.54, 1.807) is 0 Å². The van der Waals surface area contributed by atoms with Gasteiger partial charge in [-0.05, 0) is 19.0 Å². The second kappa shape index (κ2) is 5.36. The van der Waals surface area contributed by atoms with Crippen LogP contribution in [0, 0.1) is 6.85 Å². The first kappa shape index (κ1) is 12.1. The summed E-state index contributed by atoms with van der Waals surface area (Å²) in [7, 11) is -2.87. The standard InChI is InChI=1S/C14H13N3O4S2/c1-8-7-15-14(22-8)16-13(19)11-12(18)9-5-3-4-6-10(9)23(20,21)17(11)2/h3-7,18H,1-2H3,(H,15,16,19)/i1D3. The molecule has 2 N–H and O–H groups in total. The smallest absolute Gasteiger partial charge is 0.278 e. The number of nitrogens with zero attached hydrogens (tertiary/aromatic N) is 2. The molecule has 2 aromatic rings. The summed E-state index contributed by atoms with van der Waals surface area (Å²) in [5.74, 6) is -1.42. The van der Waals surface area contributed by atoms with Gasteiger partial charge in [-0.2, -0.15) is 0 Å². The lowest BCUT2D eigenvalue weighted by Gasteiger charge is -2.28. The molecule has 0 saturated heterocycles. The average Bonchev–Trinajstić information content (AvgIpc) is 3.02. The molecular weight excluding hydrogens is 338 g/mol. The average molecular weight is 354 g/mol. The molecular formula is C14H13N3O4S2. The van der Waals surface area contributed by atoms with Gasteiger partial charge in [0, 0.05) is 27.8 Å². The van der Waals surface area contributed by atoms with Crippen LogP contribution in [-0.4, -0.2) is 35.8 Å². The molecule has 120 valence electrons. The van der Waals surface area contributed by atoms with Crippen LogP contribution in [0.1, 0.15) is 14.6 Å². The first-order chi connectivity index (χ1) is 12.0. The minimum atomic E-state index is -4.01. The highest BCUT2D eigenvalue weighted by molar-refractivity contribution is 7.89. The summed E-state index contributed by atoms with van der Waals surface area (Å²) in [6, 6.07) is 5.76. The summed E-state index contributed by atoms with van der Waals surface area (Å²) in [4.78, 5) is 16.2. The van der Waals surface area contributed by atoms with Gasteiger partial charge >= 0.3 is 0 Å². The Bertz CT molecular complexity index is 1030. The van der Waals surface area contributed by atoms with E-state index in [1.807, 2.05) is 0 Å². The third-order valence-corrected chi connectivity index (χ3v) is 5.80. The Balaban J connectivity index is 2.00. The third kappa shape index (κ3) is 2.47. The van der Waals surface area contributed by atoms with Crippen LogP contribution < -0.4 is 5.32 Å². The summed E-state index contributed by atoms with van der Waals surface area (Å²) in [5.41, 5.74) is -0.465. The zero-order chi connectivity index (χ0) is 19.3. The van der Waals surface area contributed by atoms with E-state index in [-0.39, 0.29) is 20.5 Å². The number of carbonyl (C=O) groups excluding carboxylic acids is 1. The largest absolute Gasteiger partial charge is 0.505 e. The Morgan fingerprint density at radius 3 is 2.87 bits per heavy atom. The maximum Gasteiger partial charge on any atom is 0.278 e. The van der Waals surface area contributed by atoms with Crippen LogP contribution in [0.25, 0.3) is 5.76 Å². The van der Waals surface area contributed by atoms with E-state index in [9.17, 15) is 18.3 Å². The monoisotopic (exact) mass is 354 g/mol. The lowest BCUT2D eigenvalue weighted by molar-refractivity contribution is -0.113. The Labute approximate surface area is 141 Å². The van der Waals surface area contributed by atoms with Crippen molar-refractivity contribution in [1.82, 2.24) is 9.29 Å². The Morgan fingerprint density at radius 2 is 2.17 bits per heavy atom. The molecule has 0 fully saturated rings. The van der Waals surface area contributed by atoms with Crippen molar-refractivity contribution in [3.63, 3.8) is 0 Å². The quantitative estimate of drug-likeness (QED) is 0.859. The van der Waals surface area contributed by atoms with Gasteiger partial charge in [0.15, 0.2) is 16.6 Å². The molecule has 7 nitrogen and oxygen atoms in total. The molecule has 1 amide bonds. The Hall–Kier alpha value is -2.39. The highest BCUT2D eigenvalue weighted by Gasteiger charge is 2.37. The maximum atomic E-state index is 12.6. The normalized spacial score (nSPS) is 18.7. The summed E-state index contributed by atoms with van der Waals surface area (Å²) in [6.07, 6.45) is 1.11. The first-order valence-electron chi connectivity index (χ1n) is 7.82. The number of hydrogen-bond donors (Lipinski definition) is 2. The minimum absolute atomic E-state index is 0.0121. The molecule has 1 aliphatic heterocycles. The molecule has 9 heteroatoms. The van der Waals surface area contributed by atoms with Gasteiger partial charge in [-0.1, -0.05) is 12.1 Å². The molecule has 0 spiro atoms. The molecule has 0 atom stereocenters. The topological polar surface area (TPSA) is 99.6 Å². The molecule has 3 rings (SSSR count). The van der Waals surface area contributed by atoms with Gasteiger partial charge in [0.1, 0.15) is 0 Å². The zero-order valence-corrected chi connectivity index (χ0v) is 13.4. The Morgan fingerprint density at radius 1 is 1.43 bits per heavy atom. The number of aromatic nitrogens is 1. The summed E-state index contributed by atoms with van der Waals surface area (Å²) in [6.45, 7) is -2.37. The number of benzene rings is 1. The number of nitrogens with one attached hydrogen (secondary N) is 1. The molecule has 0 saturated carbocycles. The first-order valence-corrected chi connectivity index (χ1v) is 8.58. The van der Waals surface area contributed by atoms with Crippen LogP contribution in [0.4, 0.5) is 5.13 Å². The minimum Gasteiger partial charge on any atom is -0.505 e. The SMILES string of the molecule is [2H]C([2H])([2H])c1cnc(NC(=O)C2=C(O)c3ccccc3S(=O)(=O)N2C)s1. The maximum absolute atomic E-state index is 12.6. The van der Waals surface area contributed by atoms with E-state index in [2.05, 4.69) is 10.3 Å². The summed E-state index contributed by atoms with van der Waals surface area (Å²) < 4.78 is 47.8. The predicted molar refractivity (Wildman–Crippen MR) is 86.4 cm³/mol. The molecule has 0 bridgehead atoms. The number of anilines is 1. The third-order valence-electron chi connectivity index (χ3n) is 3.26. The summed E-state index contributed by atoms with van der Waals surface area (Å²) >= 11 is 0.742.